The molecule has 1 saturated heterocycles. The summed E-state index contributed by atoms with van der Waals surface area (Å²) in [6, 6.07) is 4.64. The topological polar surface area (TPSA) is 185 Å². The number of hydrogen-bond acceptors (Lipinski definition) is 8. The molecule has 4 rings (SSSR count). The number of piperidine rings is 1. The summed E-state index contributed by atoms with van der Waals surface area (Å²) >= 11 is 0. The number of carbonyl (C=O) groups excluding carboxylic acids is 5. The number of carbonyl (C=O) groups is 5. The van der Waals surface area contributed by atoms with Crippen LogP contribution in [0.2, 0.25) is 0 Å². The lowest BCUT2D eigenvalue weighted by molar-refractivity contribution is -0.146. The van der Waals surface area contributed by atoms with Gasteiger partial charge in [0, 0.05) is 12.6 Å². The summed E-state index contributed by atoms with van der Waals surface area (Å²) in [6.45, 7) is 15.3. The van der Waals surface area contributed by atoms with Crippen LogP contribution in [0.1, 0.15) is 74.7 Å². The van der Waals surface area contributed by atoms with E-state index in [1.54, 1.807) is 30.3 Å². The lowest BCUT2D eigenvalue weighted by atomic mass is 9.85. The summed E-state index contributed by atoms with van der Waals surface area (Å²) in [4.78, 5) is 67.6. The number of sulfone groups is 1. The van der Waals surface area contributed by atoms with Gasteiger partial charge in [-0.3, -0.25) is 24.0 Å². The third-order valence-corrected chi connectivity index (χ3v) is 12.1. The minimum absolute atomic E-state index is 0.0583. The van der Waals surface area contributed by atoms with Crippen LogP contribution >= 0.6 is 0 Å². The molecule has 3 fully saturated rings. The summed E-state index contributed by atoms with van der Waals surface area (Å²) in [6.07, 6.45) is 2.14. The number of rotatable bonds is 14. The van der Waals surface area contributed by atoms with Gasteiger partial charge < -0.3 is 26.6 Å². The second-order valence-corrected chi connectivity index (χ2v) is 18.7. The highest BCUT2D eigenvalue weighted by Crippen LogP contribution is 2.65. The van der Waals surface area contributed by atoms with Crippen molar-refractivity contribution in [3.05, 3.63) is 30.3 Å². The molecule has 1 aromatic carbocycles. The smallest absolute Gasteiger partial charge is 0.287 e. The number of benzene rings is 1. The van der Waals surface area contributed by atoms with Gasteiger partial charge in [-0.15, -0.1) is 0 Å². The van der Waals surface area contributed by atoms with Gasteiger partial charge in [0.05, 0.1) is 23.2 Å². The molecule has 0 bridgehead atoms. The fourth-order valence-electron chi connectivity index (χ4n) is 6.96. The van der Waals surface area contributed by atoms with Crippen LogP contribution in [-0.4, -0.2) is 85.7 Å². The lowest BCUT2D eigenvalue weighted by Gasteiger charge is -2.38. The Morgan fingerprint density at radius 2 is 1.56 bits per heavy atom. The Morgan fingerprint density at radius 1 is 0.958 bits per heavy atom. The highest BCUT2D eigenvalue weighted by molar-refractivity contribution is 7.91. The van der Waals surface area contributed by atoms with Crippen LogP contribution in [0.3, 0.4) is 0 Å². The predicted octanol–water partition coefficient (Wildman–Crippen LogP) is 1.82. The van der Waals surface area contributed by atoms with Gasteiger partial charge in [-0.2, -0.15) is 0 Å². The van der Waals surface area contributed by atoms with E-state index < -0.39 is 74.2 Å². The van der Waals surface area contributed by atoms with Crippen molar-refractivity contribution in [2.75, 3.05) is 18.8 Å². The van der Waals surface area contributed by atoms with E-state index >= 15 is 0 Å². The van der Waals surface area contributed by atoms with Crippen molar-refractivity contribution in [2.24, 2.45) is 39.7 Å². The highest BCUT2D eigenvalue weighted by atomic mass is 32.2. The number of nitrogens with one attached hydrogen (secondary N) is 3. The fourth-order valence-corrected chi connectivity index (χ4v) is 8.78. The molecule has 0 aromatic heterocycles. The van der Waals surface area contributed by atoms with Gasteiger partial charge in [-0.05, 0) is 52.6 Å². The first-order valence-electron chi connectivity index (χ1n) is 16.8. The number of ketones is 1. The molecule has 6 atom stereocenters. The van der Waals surface area contributed by atoms with Crippen molar-refractivity contribution in [3.63, 3.8) is 0 Å². The minimum atomic E-state index is -3.65. The average Bonchev–Trinajstić information content (AvgIpc) is 3.83. The molecule has 0 spiro atoms. The maximum absolute atomic E-state index is 14.3. The Bertz CT molecular complexity index is 1530. The number of fused-ring (bicyclic) bond motifs is 1. The molecule has 2 aliphatic carbocycles. The van der Waals surface area contributed by atoms with Gasteiger partial charge in [-0.1, -0.05) is 86.4 Å². The third kappa shape index (κ3) is 8.45. The molecule has 13 heteroatoms. The zero-order valence-corrected chi connectivity index (χ0v) is 30.3. The molecule has 5 unspecified atom stereocenters. The van der Waals surface area contributed by atoms with Gasteiger partial charge in [0.15, 0.2) is 9.84 Å². The van der Waals surface area contributed by atoms with Crippen molar-refractivity contribution < 1.29 is 32.4 Å². The molecule has 3 aliphatic rings. The van der Waals surface area contributed by atoms with E-state index in [-0.39, 0.29) is 40.4 Å². The molecule has 1 aliphatic heterocycles. The van der Waals surface area contributed by atoms with E-state index in [0.29, 0.717) is 13.0 Å². The van der Waals surface area contributed by atoms with Crippen LogP contribution in [0.25, 0.3) is 0 Å². The zero-order valence-electron chi connectivity index (χ0n) is 29.5. The van der Waals surface area contributed by atoms with E-state index in [9.17, 15) is 32.4 Å². The number of primary amides is 1. The SMILES string of the molecule is CC(C)(C)C(CS(=O)(=O)c1ccccc1)NCC(=O)N[C@H](C(=O)N1CC2C(C1C(=O)NC(CC1CC1)C(=O)C(N)=O)C2(C)C)C(C)(C)C. The number of hydrogen-bond donors (Lipinski definition) is 4. The maximum atomic E-state index is 14.3. The van der Waals surface area contributed by atoms with Crippen LogP contribution in [-0.2, 0) is 33.8 Å². The summed E-state index contributed by atoms with van der Waals surface area (Å²) in [5, 5.41) is 8.74. The van der Waals surface area contributed by atoms with Crippen LogP contribution in [0, 0.1) is 34.0 Å². The van der Waals surface area contributed by atoms with E-state index in [1.165, 1.54) is 4.90 Å². The molecule has 0 radical (unpaired) electrons. The van der Waals surface area contributed by atoms with E-state index in [0.717, 1.165) is 12.8 Å². The Morgan fingerprint density at radius 3 is 2.08 bits per heavy atom. The Balaban J connectivity index is 1.48. The monoisotopic (exact) mass is 687 g/mol. The molecule has 4 amide bonds. The van der Waals surface area contributed by atoms with Gasteiger partial charge in [-0.25, -0.2) is 8.42 Å². The van der Waals surface area contributed by atoms with Gasteiger partial charge in [0.2, 0.25) is 23.5 Å². The molecule has 12 nitrogen and oxygen atoms in total. The molecule has 266 valence electrons. The lowest BCUT2D eigenvalue weighted by Crippen LogP contribution is -2.61. The van der Waals surface area contributed by atoms with Gasteiger partial charge in [0.1, 0.15) is 12.1 Å². The van der Waals surface area contributed by atoms with Crippen molar-refractivity contribution in [1.29, 1.82) is 0 Å². The van der Waals surface area contributed by atoms with Crippen molar-refractivity contribution in [3.8, 4) is 0 Å². The molecular formula is C35H53N5O7S. The first-order valence-corrected chi connectivity index (χ1v) is 18.5. The van der Waals surface area contributed by atoms with Crippen LogP contribution in [0.5, 0.6) is 0 Å². The first kappa shape index (κ1) is 37.5. The van der Waals surface area contributed by atoms with Crippen molar-refractivity contribution in [2.45, 2.75) is 104 Å². The van der Waals surface area contributed by atoms with Gasteiger partial charge >= 0.3 is 0 Å². The summed E-state index contributed by atoms with van der Waals surface area (Å²) in [7, 11) is -3.65. The van der Waals surface area contributed by atoms with Crippen molar-refractivity contribution in [1.82, 2.24) is 20.9 Å². The molecule has 2 saturated carbocycles. The van der Waals surface area contributed by atoms with E-state index in [2.05, 4.69) is 16.0 Å². The Hall–Kier alpha value is -3.32. The van der Waals surface area contributed by atoms with Crippen molar-refractivity contribution >= 4 is 39.2 Å². The zero-order chi connectivity index (χ0) is 36.0. The molecule has 1 aromatic rings. The van der Waals surface area contributed by atoms with Crippen LogP contribution in [0.4, 0.5) is 0 Å². The molecule has 5 N–H and O–H groups in total. The largest absolute Gasteiger partial charge is 0.363 e. The number of amides is 4. The molecular weight excluding hydrogens is 634 g/mol. The van der Waals surface area contributed by atoms with E-state index in [4.69, 9.17) is 5.73 Å². The minimum Gasteiger partial charge on any atom is -0.363 e. The summed E-state index contributed by atoms with van der Waals surface area (Å²) in [5.74, 6) is -3.46. The maximum Gasteiger partial charge on any atom is 0.287 e. The number of nitrogens with zero attached hydrogens (tertiary/aromatic N) is 1. The van der Waals surface area contributed by atoms with Gasteiger partial charge in [0.25, 0.3) is 5.91 Å². The van der Waals surface area contributed by atoms with E-state index in [1.807, 2.05) is 55.4 Å². The number of likely N-dealkylation sites (tertiary alicyclic amines) is 1. The Kier molecular flexibility index (Phi) is 10.6. The summed E-state index contributed by atoms with van der Waals surface area (Å²) in [5.41, 5.74) is 3.83. The highest BCUT2D eigenvalue weighted by Gasteiger charge is 2.70. The molecule has 48 heavy (non-hydrogen) atoms. The second-order valence-electron chi connectivity index (χ2n) is 16.6. The molecule has 1 heterocycles. The quantitative estimate of drug-likeness (QED) is 0.214. The van der Waals surface area contributed by atoms with Crippen LogP contribution < -0.4 is 21.7 Å². The first-order chi connectivity index (χ1) is 22.1. The normalized spacial score (nSPS) is 23.8. The number of nitrogens with two attached hydrogens (primary N) is 1. The Labute approximate surface area is 284 Å². The fraction of sp³-hybridized carbons (Fsp3) is 0.686. The standard InChI is InChI=1S/C35H53N5O7S/c1-33(2,3)24(19-48(46,47)21-12-10-9-11-13-21)37-17-25(41)39-29(34(4,5)6)32(45)40-18-22-26(35(22,7)8)27(40)31(44)38-23(16-20-14-15-20)28(42)30(36)43/h9-13,20,22-24,26-27,29,37H,14-19H2,1-8H3,(H2,36,43)(H,38,44)(H,39,41)/t22?,23?,24?,26?,27?,29-/m1/s1. The average molecular weight is 688 g/mol. The summed E-state index contributed by atoms with van der Waals surface area (Å²) < 4.78 is 26.3. The number of Topliss-reactive ketones (excluding diaryl/α,β-unsaturated/α-hetero) is 1. The predicted molar refractivity (Wildman–Crippen MR) is 181 cm³/mol. The van der Waals surface area contributed by atoms with Crippen LogP contribution in [0.15, 0.2) is 35.2 Å². The second kappa shape index (κ2) is 13.5. The third-order valence-electron chi connectivity index (χ3n) is 10.4.